The van der Waals surface area contributed by atoms with Gasteiger partial charge >= 0.3 is 0 Å². The Bertz CT molecular complexity index is 539. The molecule has 1 atom stereocenters. The maximum atomic E-state index is 12.0. The van der Waals surface area contributed by atoms with Gasteiger partial charge in [-0.1, -0.05) is 18.2 Å². The van der Waals surface area contributed by atoms with Gasteiger partial charge in [-0.25, -0.2) is 0 Å². The first-order chi connectivity index (χ1) is 9.81. The van der Waals surface area contributed by atoms with Crippen molar-refractivity contribution in [3.63, 3.8) is 0 Å². The maximum Gasteiger partial charge on any atom is 0.251 e. The van der Waals surface area contributed by atoms with Gasteiger partial charge in [0, 0.05) is 18.4 Å². The van der Waals surface area contributed by atoms with E-state index in [1.807, 2.05) is 23.0 Å². The number of hydrogen-bond donors (Lipinski definition) is 1. The molecule has 5 nitrogen and oxygen atoms in total. The number of anilines is 1. The summed E-state index contributed by atoms with van der Waals surface area (Å²) in [7, 11) is 0. The van der Waals surface area contributed by atoms with Gasteiger partial charge in [0.1, 0.15) is 0 Å². The van der Waals surface area contributed by atoms with Gasteiger partial charge in [0.05, 0.1) is 24.5 Å². The van der Waals surface area contributed by atoms with E-state index in [1.165, 1.54) is 0 Å². The van der Waals surface area contributed by atoms with Gasteiger partial charge in [-0.05, 0) is 25.7 Å². The number of carbonyl (C=O) groups excluding carboxylic acids is 1. The smallest absolute Gasteiger partial charge is 0.251 e. The Morgan fingerprint density at radius 3 is 3.25 bits per heavy atom. The molecule has 106 valence electrons. The Hall–Kier alpha value is -1.88. The lowest BCUT2D eigenvalue weighted by atomic mass is 10.0. The monoisotopic (exact) mass is 273 g/mol. The summed E-state index contributed by atoms with van der Waals surface area (Å²) in [5.41, 5.74) is 1.56. The van der Waals surface area contributed by atoms with Crippen LogP contribution in [0.25, 0.3) is 0 Å². The fraction of sp³-hybridized carbons (Fsp3) is 0.467. The van der Waals surface area contributed by atoms with Crippen LogP contribution in [0.3, 0.4) is 0 Å². The minimum atomic E-state index is -0.0361. The highest BCUT2D eigenvalue weighted by Gasteiger charge is 2.17. The van der Waals surface area contributed by atoms with Crippen LogP contribution in [0.15, 0.2) is 36.2 Å². The van der Waals surface area contributed by atoms with Gasteiger partial charge in [0.15, 0.2) is 0 Å². The molecule has 1 saturated heterocycles. The van der Waals surface area contributed by atoms with E-state index in [0.717, 1.165) is 50.1 Å². The van der Waals surface area contributed by atoms with E-state index >= 15 is 0 Å². The molecule has 1 unspecified atom stereocenters. The maximum absolute atomic E-state index is 12.0. The van der Waals surface area contributed by atoms with Crippen molar-refractivity contribution < 1.29 is 9.53 Å². The third-order valence-corrected chi connectivity index (χ3v) is 3.61. The summed E-state index contributed by atoms with van der Waals surface area (Å²) >= 11 is 0. The molecule has 1 fully saturated rings. The van der Waals surface area contributed by atoms with Crippen LogP contribution >= 0.6 is 0 Å². The van der Waals surface area contributed by atoms with Gasteiger partial charge in [-0.3, -0.25) is 9.48 Å². The quantitative estimate of drug-likeness (QED) is 0.915. The largest absolute Gasteiger partial charge is 0.376 e. The third-order valence-electron chi connectivity index (χ3n) is 3.61. The fourth-order valence-electron chi connectivity index (χ4n) is 2.53. The molecule has 0 radical (unpaired) electrons. The van der Waals surface area contributed by atoms with Crippen molar-refractivity contribution in [2.24, 2.45) is 0 Å². The first-order valence-corrected chi connectivity index (χ1v) is 7.12. The summed E-state index contributed by atoms with van der Waals surface area (Å²) < 4.78 is 7.41. The average Bonchev–Trinajstić information content (AvgIpc) is 3.12. The number of hydrogen-bond acceptors (Lipinski definition) is 3. The molecule has 0 bridgehead atoms. The standard InChI is InChI=1S/C15H19N3O2/c19-15(12-5-2-1-3-6-12)17-13-9-16-18(10-13)11-14-7-4-8-20-14/h1-2,5,9-10,14H,3-4,6-8,11H2,(H,17,19). The summed E-state index contributed by atoms with van der Waals surface area (Å²) in [5.74, 6) is -0.0361. The van der Waals surface area contributed by atoms with E-state index in [4.69, 9.17) is 4.74 Å². The number of aromatic nitrogens is 2. The van der Waals surface area contributed by atoms with Crippen molar-refractivity contribution in [3.05, 3.63) is 36.2 Å². The molecule has 1 aliphatic heterocycles. The minimum absolute atomic E-state index is 0.0361. The fourth-order valence-corrected chi connectivity index (χ4v) is 2.53. The zero-order valence-electron chi connectivity index (χ0n) is 11.4. The van der Waals surface area contributed by atoms with Gasteiger partial charge in [-0.2, -0.15) is 5.10 Å². The Balaban J connectivity index is 1.57. The normalized spacial score (nSPS) is 21.8. The third kappa shape index (κ3) is 3.17. The van der Waals surface area contributed by atoms with E-state index in [0.29, 0.717) is 0 Å². The molecule has 2 heterocycles. The first kappa shape index (κ1) is 13.1. The molecule has 0 spiro atoms. The molecule has 1 aromatic rings. The molecule has 1 aliphatic carbocycles. The number of amides is 1. The van der Waals surface area contributed by atoms with Crippen LogP contribution in [-0.2, 0) is 16.1 Å². The van der Waals surface area contributed by atoms with Crippen LogP contribution in [0.4, 0.5) is 5.69 Å². The zero-order valence-corrected chi connectivity index (χ0v) is 11.4. The van der Waals surface area contributed by atoms with Gasteiger partial charge in [-0.15, -0.1) is 0 Å². The number of carbonyl (C=O) groups is 1. The summed E-state index contributed by atoms with van der Waals surface area (Å²) in [6.07, 6.45) is 13.6. The Morgan fingerprint density at radius 2 is 2.50 bits per heavy atom. The van der Waals surface area contributed by atoms with Gasteiger partial charge < -0.3 is 10.1 Å². The molecule has 3 rings (SSSR count). The number of ether oxygens (including phenoxy) is 1. The second kappa shape index (κ2) is 6.05. The summed E-state index contributed by atoms with van der Waals surface area (Å²) in [5, 5.41) is 7.16. The van der Waals surface area contributed by atoms with Crippen molar-refractivity contribution in [1.29, 1.82) is 0 Å². The van der Waals surface area contributed by atoms with Crippen molar-refractivity contribution in [3.8, 4) is 0 Å². The van der Waals surface area contributed by atoms with Crippen LogP contribution in [0.1, 0.15) is 25.7 Å². The lowest BCUT2D eigenvalue weighted by molar-refractivity contribution is -0.113. The van der Waals surface area contributed by atoms with Crippen LogP contribution < -0.4 is 5.32 Å². The molecular weight excluding hydrogens is 254 g/mol. The van der Waals surface area contributed by atoms with E-state index in [9.17, 15) is 4.79 Å². The highest BCUT2D eigenvalue weighted by molar-refractivity contribution is 6.03. The van der Waals surface area contributed by atoms with Gasteiger partial charge in [0.2, 0.25) is 0 Å². The highest BCUT2D eigenvalue weighted by Crippen LogP contribution is 2.17. The van der Waals surface area contributed by atoms with E-state index in [1.54, 1.807) is 6.20 Å². The Kier molecular flexibility index (Phi) is 3.97. The number of nitrogens with one attached hydrogen (secondary N) is 1. The number of nitrogens with zero attached hydrogens (tertiary/aromatic N) is 2. The summed E-state index contributed by atoms with van der Waals surface area (Å²) in [6.45, 7) is 1.60. The highest BCUT2D eigenvalue weighted by atomic mass is 16.5. The lowest BCUT2D eigenvalue weighted by Crippen LogP contribution is -2.16. The molecule has 1 aromatic heterocycles. The van der Waals surface area contributed by atoms with E-state index < -0.39 is 0 Å². The molecule has 1 amide bonds. The van der Waals surface area contributed by atoms with E-state index in [-0.39, 0.29) is 12.0 Å². The molecule has 20 heavy (non-hydrogen) atoms. The van der Waals surface area contributed by atoms with Crippen LogP contribution in [-0.4, -0.2) is 28.4 Å². The number of rotatable bonds is 4. The second-order valence-electron chi connectivity index (χ2n) is 5.20. The molecule has 2 aliphatic rings. The van der Waals surface area contributed by atoms with Crippen molar-refractivity contribution in [1.82, 2.24) is 9.78 Å². The minimum Gasteiger partial charge on any atom is -0.376 e. The van der Waals surface area contributed by atoms with Crippen LogP contribution in [0.2, 0.25) is 0 Å². The number of allylic oxidation sites excluding steroid dienone is 3. The molecule has 0 saturated carbocycles. The van der Waals surface area contributed by atoms with Crippen LogP contribution in [0, 0.1) is 0 Å². The lowest BCUT2D eigenvalue weighted by Gasteiger charge is -2.09. The average molecular weight is 273 g/mol. The SMILES string of the molecule is O=C(Nc1cnn(CC2CCCO2)c1)C1=CC=CCC1. The van der Waals surface area contributed by atoms with Crippen molar-refractivity contribution >= 4 is 11.6 Å². The van der Waals surface area contributed by atoms with E-state index in [2.05, 4.69) is 16.5 Å². The predicted octanol–water partition coefficient (Wildman–Crippen LogP) is 2.28. The molecular formula is C15H19N3O2. The van der Waals surface area contributed by atoms with Crippen molar-refractivity contribution in [2.75, 3.05) is 11.9 Å². The van der Waals surface area contributed by atoms with Gasteiger partial charge in [0.25, 0.3) is 5.91 Å². The topological polar surface area (TPSA) is 56.2 Å². The molecule has 1 N–H and O–H groups in total. The Labute approximate surface area is 118 Å². The molecule has 0 aromatic carbocycles. The molecule has 5 heteroatoms. The second-order valence-corrected chi connectivity index (χ2v) is 5.20. The summed E-state index contributed by atoms with van der Waals surface area (Å²) in [4.78, 5) is 12.0. The summed E-state index contributed by atoms with van der Waals surface area (Å²) in [6, 6.07) is 0. The zero-order chi connectivity index (χ0) is 13.8. The first-order valence-electron chi connectivity index (χ1n) is 7.12. The predicted molar refractivity (Wildman–Crippen MR) is 76.3 cm³/mol. The van der Waals surface area contributed by atoms with Crippen molar-refractivity contribution in [2.45, 2.75) is 38.3 Å². The Morgan fingerprint density at radius 1 is 1.55 bits per heavy atom. The van der Waals surface area contributed by atoms with Crippen LogP contribution in [0.5, 0.6) is 0 Å².